The van der Waals surface area contributed by atoms with Crippen LogP contribution in [0.1, 0.15) is 36.6 Å². The van der Waals surface area contributed by atoms with Crippen LogP contribution in [0.25, 0.3) is 10.4 Å². The molecule has 0 saturated carbocycles. The van der Waals surface area contributed by atoms with E-state index in [-0.39, 0.29) is 24.4 Å². The molecule has 0 spiro atoms. The lowest BCUT2D eigenvalue weighted by Crippen LogP contribution is -2.36. The fourth-order valence-electron chi connectivity index (χ4n) is 4.22. The fourth-order valence-corrected chi connectivity index (χ4v) is 5.72. The molecule has 0 bridgehead atoms. The Morgan fingerprint density at radius 3 is 2.59 bits per heavy atom. The van der Waals surface area contributed by atoms with Crippen LogP contribution in [-0.2, 0) is 4.79 Å². The van der Waals surface area contributed by atoms with E-state index >= 15 is 0 Å². The molecule has 0 radical (unpaired) electrons. The number of benzene rings is 1. The molecule has 1 aromatic heterocycles. The molecule has 1 aromatic carbocycles. The second-order valence-electron chi connectivity index (χ2n) is 7.44. The van der Waals surface area contributed by atoms with Gasteiger partial charge in [0.25, 0.3) is 0 Å². The van der Waals surface area contributed by atoms with Crippen molar-refractivity contribution in [1.29, 1.82) is 0 Å². The molecule has 2 saturated heterocycles. The number of rotatable bonds is 4. The number of nitrogens with zero attached hydrogens (tertiary/aromatic N) is 2. The fraction of sp³-hybridized carbons (Fsp3) is 0.476. The van der Waals surface area contributed by atoms with E-state index in [0.29, 0.717) is 5.91 Å². The van der Waals surface area contributed by atoms with Crippen LogP contribution >= 0.6 is 35.3 Å². The van der Waals surface area contributed by atoms with Gasteiger partial charge in [-0.15, -0.1) is 23.7 Å². The van der Waals surface area contributed by atoms with Crippen LogP contribution < -0.4 is 0 Å². The summed E-state index contributed by atoms with van der Waals surface area (Å²) in [5, 5.41) is 0.778. The summed E-state index contributed by atoms with van der Waals surface area (Å²) in [6.45, 7) is 3.21. The first-order valence-corrected chi connectivity index (χ1v) is 10.7. The van der Waals surface area contributed by atoms with Crippen molar-refractivity contribution in [3.63, 3.8) is 0 Å². The lowest BCUT2D eigenvalue weighted by molar-refractivity contribution is -0.131. The van der Waals surface area contributed by atoms with E-state index in [1.165, 1.54) is 29.0 Å². The second kappa shape index (κ2) is 8.95. The average molecular weight is 425 g/mol. The number of hydrogen-bond donors (Lipinski definition) is 0. The Morgan fingerprint density at radius 1 is 1.11 bits per heavy atom. The zero-order chi connectivity index (χ0) is 18.1. The number of piperidine rings is 1. The highest BCUT2D eigenvalue weighted by atomic mass is 35.5. The standard InChI is InChI=1S/C21H25ClN2OS.ClH/c1-23-18(13-15(21(23)25)14-24-11-5-2-6-12-24)20-10-9-19(26-20)16-7-3-4-8-17(16)22;/h3-4,7-10,15,18H,2,5-6,11-14H2,1H3;1H/t15-,18+;/m1./s1. The van der Waals surface area contributed by atoms with E-state index in [4.69, 9.17) is 11.6 Å². The summed E-state index contributed by atoms with van der Waals surface area (Å²) in [5.41, 5.74) is 1.07. The summed E-state index contributed by atoms with van der Waals surface area (Å²) in [6.07, 6.45) is 4.80. The van der Waals surface area contributed by atoms with Gasteiger partial charge in [0.2, 0.25) is 5.91 Å². The minimum absolute atomic E-state index is 0. The van der Waals surface area contributed by atoms with Gasteiger partial charge in [-0.3, -0.25) is 4.79 Å². The van der Waals surface area contributed by atoms with E-state index in [2.05, 4.69) is 23.1 Å². The summed E-state index contributed by atoms with van der Waals surface area (Å²) in [6, 6.07) is 12.4. The van der Waals surface area contributed by atoms with Crippen LogP contribution in [0.2, 0.25) is 5.02 Å². The first-order valence-electron chi connectivity index (χ1n) is 9.47. The Bertz CT molecular complexity index is 788. The number of likely N-dealkylation sites (tertiary alicyclic amines) is 2. The van der Waals surface area contributed by atoms with Gasteiger partial charge in [-0.1, -0.05) is 36.2 Å². The number of carbonyl (C=O) groups is 1. The Morgan fingerprint density at radius 2 is 1.85 bits per heavy atom. The van der Waals surface area contributed by atoms with E-state index in [9.17, 15) is 4.79 Å². The molecule has 3 nitrogen and oxygen atoms in total. The number of carbonyl (C=O) groups excluding carboxylic acids is 1. The van der Waals surface area contributed by atoms with E-state index in [1.807, 2.05) is 30.1 Å². The zero-order valence-electron chi connectivity index (χ0n) is 15.6. The van der Waals surface area contributed by atoms with E-state index in [0.717, 1.165) is 36.6 Å². The van der Waals surface area contributed by atoms with Gasteiger partial charge in [-0.2, -0.15) is 0 Å². The maximum atomic E-state index is 12.8. The van der Waals surface area contributed by atoms with Crippen molar-refractivity contribution in [2.75, 3.05) is 26.7 Å². The van der Waals surface area contributed by atoms with Crippen molar-refractivity contribution in [3.8, 4) is 10.4 Å². The third-order valence-electron chi connectivity index (χ3n) is 5.69. The van der Waals surface area contributed by atoms with Gasteiger partial charge < -0.3 is 9.80 Å². The van der Waals surface area contributed by atoms with Gasteiger partial charge in [-0.25, -0.2) is 0 Å². The molecule has 2 aliphatic heterocycles. The van der Waals surface area contributed by atoms with Crippen LogP contribution in [0.5, 0.6) is 0 Å². The van der Waals surface area contributed by atoms with Crippen molar-refractivity contribution in [3.05, 3.63) is 46.3 Å². The van der Waals surface area contributed by atoms with Crippen LogP contribution in [0.4, 0.5) is 0 Å². The average Bonchev–Trinajstić information content (AvgIpc) is 3.24. The lowest BCUT2D eigenvalue weighted by atomic mass is 10.0. The van der Waals surface area contributed by atoms with Crippen molar-refractivity contribution in [2.45, 2.75) is 31.7 Å². The predicted octanol–water partition coefficient (Wildman–Crippen LogP) is 5.50. The Kier molecular flexibility index (Phi) is 6.85. The van der Waals surface area contributed by atoms with Crippen molar-refractivity contribution < 1.29 is 4.79 Å². The Balaban J connectivity index is 0.00000210. The van der Waals surface area contributed by atoms with Gasteiger partial charge in [0.1, 0.15) is 0 Å². The van der Waals surface area contributed by atoms with Crippen LogP contribution in [0.3, 0.4) is 0 Å². The number of amides is 1. The first kappa shape index (κ1) is 20.7. The number of thiophene rings is 1. The molecule has 0 aliphatic carbocycles. The molecule has 2 fully saturated rings. The molecule has 1 amide bonds. The smallest absolute Gasteiger partial charge is 0.227 e. The second-order valence-corrected chi connectivity index (χ2v) is 8.96. The predicted molar refractivity (Wildman–Crippen MR) is 116 cm³/mol. The van der Waals surface area contributed by atoms with Gasteiger partial charge in [0.05, 0.1) is 12.0 Å². The van der Waals surface area contributed by atoms with Gasteiger partial charge in [0.15, 0.2) is 0 Å². The number of hydrogen-bond acceptors (Lipinski definition) is 3. The topological polar surface area (TPSA) is 23.6 Å². The van der Waals surface area contributed by atoms with Gasteiger partial charge >= 0.3 is 0 Å². The third kappa shape index (κ3) is 4.34. The summed E-state index contributed by atoms with van der Waals surface area (Å²) in [7, 11) is 1.96. The maximum absolute atomic E-state index is 12.8. The van der Waals surface area contributed by atoms with Gasteiger partial charge in [-0.05, 0) is 50.6 Å². The molecule has 2 aromatic rings. The molecular weight excluding hydrogens is 399 g/mol. The molecule has 2 atom stereocenters. The van der Waals surface area contributed by atoms with Crippen LogP contribution in [0, 0.1) is 5.92 Å². The van der Waals surface area contributed by atoms with Crippen molar-refractivity contribution >= 4 is 41.3 Å². The highest BCUT2D eigenvalue weighted by Crippen LogP contribution is 2.42. The molecule has 4 rings (SSSR count). The Labute approximate surface area is 176 Å². The molecule has 3 heterocycles. The largest absolute Gasteiger partial charge is 0.338 e. The molecule has 2 aliphatic rings. The first-order chi connectivity index (χ1) is 12.6. The summed E-state index contributed by atoms with van der Waals surface area (Å²) >= 11 is 8.11. The van der Waals surface area contributed by atoms with Crippen molar-refractivity contribution in [2.24, 2.45) is 5.92 Å². The molecular formula is C21H26Cl2N2OS. The lowest BCUT2D eigenvalue weighted by Gasteiger charge is -2.28. The van der Waals surface area contributed by atoms with Crippen molar-refractivity contribution in [1.82, 2.24) is 9.80 Å². The molecule has 0 N–H and O–H groups in total. The third-order valence-corrected chi connectivity index (χ3v) is 7.24. The molecule has 0 unspecified atom stereocenters. The SMILES string of the molecule is CN1C(=O)[C@@H](CN2CCCCC2)C[C@H]1c1ccc(-c2ccccc2Cl)s1.Cl. The molecule has 6 heteroatoms. The number of halogens is 2. The quantitative estimate of drug-likeness (QED) is 0.646. The summed E-state index contributed by atoms with van der Waals surface area (Å²) in [5.74, 6) is 0.433. The van der Waals surface area contributed by atoms with E-state index < -0.39 is 0 Å². The normalized spacial score (nSPS) is 23.5. The molecule has 146 valence electrons. The minimum atomic E-state index is 0. The van der Waals surface area contributed by atoms with Crippen LogP contribution in [-0.4, -0.2) is 42.4 Å². The van der Waals surface area contributed by atoms with E-state index in [1.54, 1.807) is 11.3 Å². The molecule has 27 heavy (non-hydrogen) atoms. The maximum Gasteiger partial charge on any atom is 0.227 e. The van der Waals surface area contributed by atoms with Crippen LogP contribution in [0.15, 0.2) is 36.4 Å². The highest BCUT2D eigenvalue weighted by Gasteiger charge is 2.39. The monoisotopic (exact) mass is 424 g/mol. The Hall–Kier alpha value is -1.07. The summed E-state index contributed by atoms with van der Waals surface area (Å²) in [4.78, 5) is 19.6. The highest BCUT2D eigenvalue weighted by molar-refractivity contribution is 7.15. The zero-order valence-corrected chi connectivity index (χ0v) is 18.0. The van der Waals surface area contributed by atoms with Gasteiger partial charge in [0, 0.05) is 33.9 Å². The summed E-state index contributed by atoms with van der Waals surface area (Å²) < 4.78 is 0. The minimum Gasteiger partial charge on any atom is -0.338 e.